The molecule has 0 radical (unpaired) electrons. The van der Waals surface area contributed by atoms with Crippen LogP contribution in [0.25, 0.3) is 10.9 Å². The summed E-state index contributed by atoms with van der Waals surface area (Å²) >= 11 is 0. The zero-order chi connectivity index (χ0) is 24.5. The minimum Gasteiger partial charge on any atom is -0.352 e. The Morgan fingerprint density at radius 3 is 2.59 bits per heavy atom. The van der Waals surface area contributed by atoms with Crippen molar-refractivity contribution in [2.45, 2.75) is 46.2 Å². The summed E-state index contributed by atoms with van der Waals surface area (Å²) in [6, 6.07) is 16.2. The Balaban J connectivity index is 1.55. The van der Waals surface area contributed by atoms with E-state index in [2.05, 4.69) is 59.2 Å². The van der Waals surface area contributed by atoms with Gasteiger partial charge in [0, 0.05) is 62.5 Å². The smallest absolute Gasteiger partial charge is 0.223 e. The van der Waals surface area contributed by atoms with Crippen molar-refractivity contribution in [1.82, 2.24) is 20.2 Å². The van der Waals surface area contributed by atoms with E-state index >= 15 is 0 Å². The average molecular weight is 459 g/mol. The van der Waals surface area contributed by atoms with Gasteiger partial charge in [-0.1, -0.05) is 18.2 Å². The topological polar surface area (TPSA) is 85.1 Å². The van der Waals surface area contributed by atoms with Crippen molar-refractivity contribution < 1.29 is 4.79 Å². The number of nitrogens with zero attached hydrogens (tertiary/aromatic N) is 5. The second-order valence-corrected chi connectivity index (χ2v) is 8.43. The number of aromatic nitrogens is 2. The molecule has 3 aromatic rings. The molecule has 3 rings (SSSR count). The van der Waals surface area contributed by atoms with Crippen molar-refractivity contribution in [1.29, 1.82) is 5.26 Å². The van der Waals surface area contributed by atoms with Crippen LogP contribution in [0, 0.1) is 11.3 Å². The van der Waals surface area contributed by atoms with E-state index in [4.69, 9.17) is 5.26 Å². The van der Waals surface area contributed by atoms with Crippen LogP contribution in [0.5, 0.6) is 0 Å². The molecule has 1 aromatic carbocycles. The van der Waals surface area contributed by atoms with E-state index in [0.29, 0.717) is 31.6 Å². The maximum absolute atomic E-state index is 13.0. The summed E-state index contributed by atoms with van der Waals surface area (Å²) in [6.07, 6.45) is 3.84. The number of fused-ring (bicyclic) bond motifs is 1. The molecular formula is C27H34N6O. The Bertz CT molecular complexity index is 1120. The molecule has 0 aliphatic rings. The molecule has 0 aliphatic heterocycles. The monoisotopic (exact) mass is 458 g/mol. The number of pyridine rings is 2. The van der Waals surface area contributed by atoms with Gasteiger partial charge < -0.3 is 15.1 Å². The summed E-state index contributed by atoms with van der Waals surface area (Å²) in [4.78, 5) is 25.9. The first kappa shape index (κ1) is 25.1. The van der Waals surface area contributed by atoms with Gasteiger partial charge in [-0.25, -0.2) is 4.98 Å². The Morgan fingerprint density at radius 2 is 1.91 bits per heavy atom. The number of hydrogen-bond donors (Lipinski definition) is 1. The predicted molar refractivity (Wildman–Crippen MR) is 136 cm³/mol. The van der Waals surface area contributed by atoms with Gasteiger partial charge in [0.05, 0.1) is 11.1 Å². The Hall–Kier alpha value is -3.50. The summed E-state index contributed by atoms with van der Waals surface area (Å²) in [5, 5.41) is 13.6. The van der Waals surface area contributed by atoms with Gasteiger partial charge in [-0.2, -0.15) is 5.26 Å². The number of hydrogen-bond acceptors (Lipinski definition) is 6. The molecule has 0 spiro atoms. The largest absolute Gasteiger partial charge is 0.352 e. The minimum absolute atomic E-state index is 0.101. The highest BCUT2D eigenvalue weighted by Gasteiger charge is 2.20. The highest BCUT2D eigenvalue weighted by molar-refractivity contribution is 5.82. The molecule has 2 unspecified atom stereocenters. The third kappa shape index (κ3) is 6.09. The first-order valence-corrected chi connectivity index (χ1v) is 12.0. The van der Waals surface area contributed by atoms with Crippen molar-refractivity contribution in [2.24, 2.45) is 0 Å². The molecule has 178 valence electrons. The van der Waals surface area contributed by atoms with Gasteiger partial charge in [0.2, 0.25) is 5.91 Å². The number of anilines is 1. The zero-order valence-corrected chi connectivity index (χ0v) is 20.5. The molecule has 0 fully saturated rings. The number of rotatable bonds is 11. The van der Waals surface area contributed by atoms with E-state index < -0.39 is 0 Å². The summed E-state index contributed by atoms with van der Waals surface area (Å²) in [7, 11) is 0. The molecule has 0 saturated carbocycles. The first-order valence-electron chi connectivity index (χ1n) is 12.0. The van der Waals surface area contributed by atoms with Crippen LogP contribution in [0.15, 0.2) is 54.9 Å². The molecule has 0 aliphatic carbocycles. The summed E-state index contributed by atoms with van der Waals surface area (Å²) in [5.74, 6) is 0.954. The van der Waals surface area contributed by atoms with Gasteiger partial charge in [-0.05, 0) is 57.5 Å². The fourth-order valence-electron chi connectivity index (χ4n) is 4.31. The van der Waals surface area contributed by atoms with Crippen LogP contribution in [0.1, 0.15) is 51.3 Å². The number of carbonyl (C=O) groups is 1. The number of nitriles is 1. The SMILES string of the molecule is CCN(CC(C)N(CC)c1ccc(C#N)cn1)C(=O)CCNC(C)c1cccc2ncccc12. The van der Waals surface area contributed by atoms with E-state index in [0.717, 1.165) is 23.3 Å². The van der Waals surface area contributed by atoms with Crippen molar-refractivity contribution in [3.8, 4) is 6.07 Å². The third-order valence-electron chi connectivity index (χ3n) is 6.20. The van der Waals surface area contributed by atoms with Crippen molar-refractivity contribution >= 4 is 22.6 Å². The quantitative estimate of drug-likeness (QED) is 0.461. The molecular weight excluding hydrogens is 424 g/mol. The molecule has 1 amide bonds. The molecule has 0 bridgehead atoms. The molecule has 7 nitrogen and oxygen atoms in total. The van der Waals surface area contributed by atoms with Gasteiger partial charge in [0.25, 0.3) is 0 Å². The molecule has 34 heavy (non-hydrogen) atoms. The maximum atomic E-state index is 13.0. The summed E-state index contributed by atoms with van der Waals surface area (Å²) in [6.45, 7) is 11.0. The van der Waals surface area contributed by atoms with Crippen LogP contribution in [0.2, 0.25) is 0 Å². The highest BCUT2D eigenvalue weighted by atomic mass is 16.2. The summed E-state index contributed by atoms with van der Waals surface area (Å²) in [5.41, 5.74) is 2.71. The highest BCUT2D eigenvalue weighted by Crippen LogP contribution is 2.22. The van der Waals surface area contributed by atoms with Crippen LogP contribution in [0.4, 0.5) is 5.82 Å². The van der Waals surface area contributed by atoms with Crippen molar-refractivity contribution in [3.63, 3.8) is 0 Å². The fraction of sp³-hybridized carbons (Fsp3) is 0.407. The lowest BCUT2D eigenvalue weighted by molar-refractivity contribution is -0.131. The van der Waals surface area contributed by atoms with Gasteiger partial charge in [-0.3, -0.25) is 9.78 Å². The van der Waals surface area contributed by atoms with Crippen LogP contribution in [0.3, 0.4) is 0 Å². The van der Waals surface area contributed by atoms with E-state index in [-0.39, 0.29) is 18.0 Å². The molecule has 2 aromatic heterocycles. The number of nitrogens with one attached hydrogen (secondary N) is 1. The molecule has 2 atom stereocenters. The molecule has 2 heterocycles. The second kappa shape index (κ2) is 12.1. The van der Waals surface area contributed by atoms with Crippen LogP contribution in [-0.4, -0.2) is 53.0 Å². The maximum Gasteiger partial charge on any atom is 0.223 e. The van der Waals surface area contributed by atoms with Gasteiger partial charge in [0.15, 0.2) is 0 Å². The number of likely N-dealkylation sites (N-methyl/N-ethyl adjacent to an activating group) is 2. The zero-order valence-electron chi connectivity index (χ0n) is 20.5. The normalized spacial score (nSPS) is 12.7. The van der Waals surface area contributed by atoms with E-state index in [1.165, 1.54) is 5.56 Å². The van der Waals surface area contributed by atoms with Gasteiger partial charge in [0.1, 0.15) is 11.9 Å². The average Bonchev–Trinajstić information content (AvgIpc) is 2.87. The first-order chi connectivity index (χ1) is 16.5. The lowest BCUT2D eigenvalue weighted by Crippen LogP contribution is -2.45. The van der Waals surface area contributed by atoms with Crippen molar-refractivity contribution in [2.75, 3.05) is 31.1 Å². The predicted octanol–water partition coefficient (Wildman–Crippen LogP) is 4.31. The lowest BCUT2D eigenvalue weighted by atomic mass is 10.0. The molecule has 7 heteroatoms. The Labute approximate surface area is 202 Å². The van der Waals surface area contributed by atoms with E-state index in [1.54, 1.807) is 18.5 Å². The van der Waals surface area contributed by atoms with E-state index in [1.807, 2.05) is 36.1 Å². The number of amides is 1. The molecule has 1 N–H and O–H groups in total. The van der Waals surface area contributed by atoms with Crippen LogP contribution >= 0.6 is 0 Å². The fourth-order valence-corrected chi connectivity index (χ4v) is 4.31. The standard InChI is InChI=1S/C27H34N6O/c1-5-32(19-20(3)33(6-2)26-13-12-22(17-28)18-31-26)27(34)14-16-29-21(4)23-9-7-11-25-24(23)10-8-15-30-25/h7-13,15,18,20-21,29H,5-6,14,16,19H2,1-4H3. The van der Waals surface area contributed by atoms with Gasteiger partial charge >= 0.3 is 0 Å². The Kier molecular flexibility index (Phi) is 8.94. The minimum atomic E-state index is 0.101. The number of benzene rings is 1. The van der Waals surface area contributed by atoms with Gasteiger partial charge in [-0.15, -0.1) is 0 Å². The third-order valence-corrected chi connectivity index (χ3v) is 6.20. The second-order valence-electron chi connectivity index (χ2n) is 8.43. The molecule has 0 saturated heterocycles. The summed E-state index contributed by atoms with van der Waals surface area (Å²) < 4.78 is 0. The van der Waals surface area contributed by atoms with E-state index in [9.17, 15) is 4.79 Å². The van der Waals surface area contributed by atoms with Crippen LogP contribution < -0.4 is 10.2 Å². The lowest BCUT2D eigenvalue weighted by Gasteiger charge is -2.33. The van der Waals surface area contributed by atoms with Crippen LogP contribution in [-0.2, 0) is 4.79 Å². The Morgan fingerprint density at radius 1 is 1.09 bits per heavy atom. The van der Waals surface area contributed by atoms with Crippen molar-refractivity contribution in [3.05, 3.63) is 66.0 Å². The number of carbonyl (C=O) groups excluding carboxylic acids is 1.